The van der Waals surface area contributed by atoms with Crippen molar-refractivity contribution in [3.8, 4) is 0 Å². The third-order valence-electron chi connectivity index (χ3n) is 3.69. The average molecular weight is 226 g/mol. The summed E-state index contributed by atoms with van der Waals surface area (Å²) in [5.74, 6) is 0.575. The van der Waals surface area contributed by atoms with Gasteiger partial charge in [0, 0.05) is 19.5 Å². The smallest absolute Gasteiger partial charge is 0.222 e. The van der Waals surface area contributed by atoms with E-state index in [0.29, 0.717) is 24.9 Å². The monoisotopic (exact) mass is 226 g/mol. The molecule has 3 nitrogen and oxygen atoms in total. The van der Waals surface area contributed by atoms with Gasteiger partial charge in [-0.2, -0.15) is 0 Å². The van der Waals surface area contributed by atoms with Gasteiger partial charge in [0.05, 0.1) is 0 Å². The van der Waals surface area contributed by atoms with Crippen LogP contribution in [-0.4, -0.2) is 30.4 Å². The first kappa shape index (κ1) is 13.5. The molecule has 1 rings (SSSR count). The SMILES string of the molecule is CC(CN)CC(=O)N(C)C1CCCCCC1. The van der Waals surface area contributed by atoms with Gasteiger partial charge in [-0.05, 0) is 25.3 Å². The quantitative estimate of drug-likeness (QED) is 0.747. The minimum absolute atomic E-state index is 0.268. The fourth-order valence-corrected chi connectivity index (χ4v) is 2.37. The normalized spacial score (nSPS) is 20.2. The average Bonchev–Trinajstić information content (AvgIpc) is 2.56. The van der Waals surface area contributed by atoms with Gasteiger partial charge in [-0.1, -0.05) is 32.6 Å². The molecule has 0 heterocycles. The van der Waals surface area contributed by atoms with Crippen molar-refractivity contribution in [2.24, 2.45) is 11.7 Å². The molecule has 1 fully saturated rings. The molecule has 1 atom stereocenters. The molecule has 3 heteroatoms. The van der Waals surface area contributed by atoms with E-state index in [1.807, 2.05) is 18.9 Å². The Balaban J connectivity index is 2.41. The Morgan fingerprint density at radius 3 is 2.38 bits per heavy atom. The van der Waals surface area contributed by atoms with Crippen LogP contribution in [0.2, 0.25) is 0 Å². The number of nitrogens with zero attached hydrogens (tertiary/aromatic N) is 1. The van der Waals surface area contributed by atoms with Gasteiger partial charge in [-0.3, -0.25) is 4.79 Å². The summed E-state index contributed by atoms with van der Waals surface area (Å²) in [7, 11) is 1.96. The third-order valence-corrected chi connectivity index (χ3v) is 3.69. The number of nitrogens with two attached hydrogens (primary N) is 1. The third kappa shape index (κ3) is 4.12. The van der Waals surface area contributed by atoms with E-state index in [2.05, 4.69) is 0 Å². The lowest BCUT2D eigenvalue weighted by Gasteiger charge is -2.28. The molecule has 0 bridgehead atoms. The standard InChI is InChI=1S/C13H26N2O/c1-11(10-14)9-13(16)15(2)12-7-5-3-4-6-8-12/h11-12H,3-10,14H2,1-2H3. The van der Waals surface area contributed by atoms with E-state index in [1.54, 1.807) is 0 Å². The van der Waals surface area contributed by atoms with Crippen molar-refractivity contribution in [1.29, 1.82) is 0 Å². The van der Waals surface area contributed by atoms with Gasteiger partial charge in [-0.25, -0.2) is 0 Å². The zero-order chi connectivity index (χ0) is 12.0. The van der Waals surface area contributed by atoms with Crippen molar-refractivity contribution in [2.75, 3.05) is 13.6 Å². The van der Waals surface area contributed by atoms with Gasteiger partial charge in [0.25, 0.3) is 0 Å². The van der Waals surface area contributed by atoms with Gasteiger partial charge in [0.2, 0.25) is 5.91 Å². The summed E-state index contributed by atoms with van der Waals surface area (Å²) < 4.78 is 0. The highest BCUT2D eigenvalue weighted by atomic mass is 16.2. The number of rotatable bonds is 4. The fourth-order valence-electron chi connectivity index (χ4n) is 2.37. The molecule has 0 aromatic heterocycles. The van der Waals surface area contributed by atoms with Crippen molar-refractivity contribution >= 4 is 5.91 Å². The van der Waals surface area contributed by atoms with E-state index in [9.17, 15) is 4.79 Å². The van der Waals surface area contributed by atoms with Crippen molar-refractivity contribution in [3.05, 3.63) is 0 Å². The molecule has 0 aromatic carbocycles. The van der Waals surface area contributed by atoms with Crippen LogP contribution in [0.4, 0.5) is 0 Å². The number of carbonyl (C=O) groups excluding carboxylic acids is 1. The lowest BCUT2D eigenvalue weighted by atomic mass is 10.0. The first-order chi connectivity index (χ1) is 7.65. The van der Waals surface area contributed by atoms with Crippen LogP contribution in [0.25, 0.3) is 0 Å². The highest BCUT2D eigenvalue weighted by Crippen LogP contribution is 2.21. The Hall–Kier alpha value is -0.570. The molecular weight excluding hydrogens is 200 g/mol. The second kappa shape index (κ2) is 6.89. The zero-order valence-corrected chi connectivity index (χ0v) is 10.7. The Kier molecular flexibility index (Phi) is 5.81. The van der Waals surface area contributed by atoms with Crippen LogP contribution in [0.5, 0.6) is 0 Å². The second-order valence-corrected chi connectivity index (χ2v) is 5.20. The molecular formula is C13H26N2O. The molecule has 0 spiro atoms. The fraction of sp³-hybridized carbons (Fsp3) is 0.923. The van der Waals surface area contributed by atoms with Crippen LogP contribution in [-0.2, 0) is 4.79 Å². The molecule has 1 unspecified atom stereocenters. The summed E-state index contributed by atoms with van der Waals surface area (Å²) >= 11 is 0. The lowest BCUT2D eigenvalue weighted by molar-refractivity contribution is -0.133. The van der Waals surface area contributed by atoms with E-state index < -0.39 is 0 Å². The molecule has 1 amide bonds. The molecule has 2 N–H and O–H groups in total. The van der Waals surface area contributed by atoms with Gasteiger partial charge < -0.3 is 10.6 Å². The molecule has 1 aliphatic carbocycles. The zero-order valence-electron chi connectivity index (χ0n) is 10.7. The first-order valence-corrected chi connectivity index (χ1v) is 6.61. The molecule has 16 heavy (non-hydrogen) atoms. The predicted molar refractivity (Wildman–Crippen MR) is 67.1 cm³/mol. The molecule has 1 saturated carbocycles. The number of carbonyl (C=O) groups is 1. The van der Waals surface area contributed by atoms with Gasteiger partial charge in [0.1, 0.15) is 0 Å². The summed E-state index contributed by atoms with van der Waals surface area (Å²) in [5, 5.41) is 0. The Morgan fingerprint density at radius 1 is 1.31 bits per heavy atom. The van der Waals surface area contributed by atoms with Crippen molar-refractivity contribution in [2.45, 2.75) is 57.9 Å². The Labute approximate surface area is 99.4 Å². The van der Waals surface area contributed by atoms with E-state index in [1.165, 1.54) is 38.5 Å². The number of hydrogen-bond acceptors (Lipinski definition) is 2. The Morgan fingerprint density at radius 2 is 1.88 bits per heavy atom. The molecule has 0 saturated heterocycles. The van der Waals surface area contributed by atoms with Crippen LogP contribution in [0.15, 0.2) is 0 Å². The second-order valence-electron chi connectivity index (χ2n) is 5.20. The molecule has 0 aromatic rings. The first-order valence-electron chi connectivity index (χ1n) is 6.61. The number of amides is 1. The van der Waals surface area contributed by atoms with Gasteiger partial charge >= 0.3 is 0 Å². The van der Waals surface area contributed by atoms with Crippen LogP contribution < -0.4 is 5.73 Å². The van der Waals surface area contributed by atoms with Crippen molar-refractivity contribution in [3.63, 3.8) is 0 Å². The maximum absolute atomic E-state index is 12.0. The summed E-state index contributed by atoms with van der Waals surface area (Å²) in [4.78, 5) is 14.0. The Bertz CT molecular complexity index is 210. The molecule has 94 valence electrons. The molecule has 1 aliphatic rings. The minimum atomic E-state index is 0.268. The summed E-state index contributed by atoms with van der Waals surface area (Å²) in [6.07, 6.45) is 8.17. The van der Waals surface area contributed by atoms with Crippen LogP contribution >= 0.6 is 0 Å². The van der Waals surface area contributed by atoms with Crippen molar-refractivity contribution < 1.29 is 4.79 Å². The minimum Gasteiger partial charge on any atom is -0.343 e. The summed E-state index contributed by atoms with van der Waals surface area (Å²) in [6, 6.07) is 0.472. The maximum atomic E-state index is 12.0. The number of hydrogen-bond donors (Lipinski definition) is 1. The summed E-state index contributed by atoms with van der Waals surface area (Å²) in [5.41, 5.74) is 5.55. The summed E-state index contributed by atoms with van der Waals surface area (Å²) in [6.45, 7) is 2.64. The largest absolute Gasteiger partial charge is 0.343 e. The predicted octanol–water partition coefficient (Wildman–Crippen LogP) is 2.15. The topological polar surface area (TPSA) is 46.3 Å². The maximum Gasteiger partial charge on any atom is 0.222 e. The highest BCUT2D eigenvalue weighted by molar-refractivity contribution is 5.76. The van der Waals surface area contributed by atoms with E-state index in [4.69, 9.17) is 5.73 Å². The van der Waals surface area contributed by atoms with E-state index in [-0.39, 0.29) is 5.91 Å². The van der Waals surface area contributed by atoms with Crippen molar-refractivity contribution in [1.82, 2.24) is 4.90 Å². The highest BCUT2D eigenvalue weighted by Gasteiger charge is 2.21. The molecule has 0 radical (unpaired) electrons. The van der Waals surface area contributed by atoms with Gasteiger partial charge in [-0.15, -0.1) is 0 Å². The molecule has 0 aliphatic heterocycles. The lowest BCUT2D eigenvalue weighted by Crippen LogP contribution is -2.38. The van der Waals surface area contributed by atoms with E-state index >= 15 is 0 Å². The van der Waals surface area contributed by atoms with Crippen LogP contribution in [0, 0.1) is 5.92 Å². The van der Waals surface area contributed by atoms with E-state index in [0.717, 1.165) is 0 Å². The van der Waals surface area contributed by atoms with Gasteiger partial charge in [0.15, 0.2) is 0 Å². The van der Waals surface area contributed by atoms with Crippen LogP contribution in [0.3, 0.4) is 0 Å². The van der Waals surface area contributed by atoms with Crippen LogP contribution in [0.1, 0.15) is 51.9 Å².